The van der Waals surface area contributed by atoms with E-state index in [0.717, 1.165) is 0 Å². The van der Waals surface area contributed by atoms with Crippen molar-refractivity contribution in [2.45, 2.75) is 0 Å². The van der Waals surface area contributed by atoms with E-state index in [1.807, 2.05) is 0 Å². The molecule has 0 aliphatic carbocycles. The predicted octanol–water partition coefficient (Wildman–Crippen LogP) is -0.0588. The summed E-state index contributed by atoms with van der Waals surface area (Å²) in [7, 11) is 1.44. The highest BCUT2D eigenvalue weighted by molar-refractivity contribution is 6.33. The van der Waals surface area contributed by atoms with Crippen molar-refractivity contribution in [3.63, 3.8) is 0 Å². The number of likely N-dealkylation sites (N-methyl/N-ethyl adjacent to an activating group) is 1. The highest BCUT2D eigenvalue weighted by atomic mass is 35.5. The van der Waals surface area contributed by atoms with Crippen molar-refractivity contribution in [3.8, 4) is 0 Å². The van der Waals surface area contributed by atoms with Crippen LogP contribution in [0.15, 0.2) is 18.2 Å². The highest BCUT2D eigenvalue weighted by Crippen LogP contribution is 2.19. The highest BCUT2D eigenvalue weighted by Gasteiger charge is 2.12. The number of nitrogen functional groups attached to an aromatic ring is 1. The van der Waals surface area contributed by atoms with E-state index in [9.17, 15) is 14.4 Å². The first-order valence-corrected chi connectivity index (χ1v) is 6.01. The molecule has 7 nitrogen and oxygen atoms in total. The molecule has 0 radical (unpaired) electrons. The molecule has 8 heteroatoms. The lowest BCUT2D eigenvalue weighted by Crippen LogP contribution is -2.37. The molecule has 1 aromatic carbocycles. The number of halogens is 1. The second kappa shape index (κ2) is 7.34. The molecule has 20 heavy (non-hydrogen) atoms. The molecular weight excluding hydrogens is 286 g/mol. The lowest BCUT2D eigenvalue weighted by atomic mass is 10.2. The Morgan fingerprint density at radius 3 is 2.60 bits per heavy atom. The van der Waals surface area contributed by atoms with Gasteiger partial charge in [-0.1, -0.05) is 11.6 Å². The first-order chi connectivity index (χ1) is 9.43. The lowest BCUT2D eigenvalue weighted by Gasteiger charge is -2.07. The zero-order valence-corrected chi connectivity index (χ0v) is 11.5. The Bertz CT molecular complexity index is 533. The maximum atomic E-state index is 11.6. The predicted molar refractivity (Wildman–Crippen MR) is 73.2 cm³/mol. The summed E-state index contributed by atoms with van der Waals surface area (Å²) < 4.78 is 4.77. The lowest BCUT2D eigenvalue weighted by molar-refractivity contribution is -0.127. The maximum absolute atomic E-state index is 11.6. The van der Waals surface area contributed by atoms with Gasteiger partial charge in [-0.05, 0) is 18.2 Å². The molecule has 0 saturated carbocycles. The van der Waals surface area contributed by atoms with Crippen molar-refractivity contribution >= 4 is 35.1 Å². The summed E-state index contributed by atoms with van der Waals surface area (Å²) in [4.78, 5) is 33.8. The van der Waals surface area contributed by atoms with Crippen LogP contribution in [-0.2, 0) is 14.3 Å². The van der Waals surface area contributed by atoms with Crippen molar-refractivity contribution in [2.24, 2.45) is 0 Å². The molecule has 0 unspecified atom stereocenters. The first kappa shape index (κ1) is 15.8. The number of benzene rings is 1. The molecule has 0 heterocycles. The van der Waals surface area contributed by atoms with Gasteiger partial charge in [-0.15, -0.1) is 0 Å². The van der Waals surface area contributed by atoms with Gasteiger partial charge in [0, 0.05) is 7.05 Å². The Kier molecular flexibility index (Phi) is 5.79. The molecule has 0 bridgehead atoms. The summed E-state index contributed by atoms with van der Waals surface area (Å²) in [5.41, 5.74) is 5.97. The second-order valence-corrected chi connectivity index (χ2v) is 4.17. The summed E-state index contributed by atoms with van der Waals surface area (Å²) >= 11 is 5.72. The molecule has 0 atom stereocenters. The number of hydrogen-bond donors (Lipinski definition) is 3. The average molecular weight is 300 g/mol. The number of nitrogens with one attached hydrogen (secondary N) is 2. The largest absolute Gasteiger partial charge is 0.452 e. The van der Waals surface area contributed by atoms with Gasteiger partial charge in [0.15, 0.2) is 6.61 Å². The van der Waals surface area contributed by atoms with Gasteiger partial charge in [-0.2, -0.15) is 0 Å². The fraction of sp³-hybridized carbons (Fsp3) is 0.250. The zero-order valence-electron chi connectivity index (χ0n) is 10.7. The summed E-state index contributed by atoms with van der Waals surface area (Å²) in [5.74, 6) is -1.64. The van der Waals surface area contributed by atoms with Crippen LogP contribution in [0.25, 0.3) is 0 Å². The van der Waals surface area contributed by atoms with Gasteiger partial charge in [0.25, 0.3) is 5.91 Å². The Morgan fingerprint density at radius 1 is 1.30 bits per heavy atom. The number of carbonyl (C=O) groups excluding carboxylic acids is 3. The molecular formula is C12H14ClN3O4. The van der Waals surface area contributed by atoms with E-state index < -0.39 is 18.5 Å². The monoisotopic (exact) mass is 299 g/mol. The molecule has 2 amide bonds. The summed E-state index contributed by atoms with van der Waals surface area (Å²) in [6.07, 6.45) is 0. The van der Waals surface area contributed by atoms with E-state index in [1.54, 1.807) is 0 Å². The van der Waals surface area contributed by atoms with Crippen molar-refractivity contribution in [2.75, 3.05) is 25.9 Å². The third kappa shape index (κ3) is 4.77. The van der Waals surface area contributed by atoms with Crippen LogP contribution in [0.4, 0.5) is 5.69 Å². The number of nitrogens with two attached hydrogens (primary N) is 1. The minimum absolute atomic E-state index is 0.180. The molecule has 0 aliphatic heterocycles. The first-order valence-electron chi connectivity index (χ1n) is 5.63. The molecule has 0 fully saturated rings. The van der Waals surface area contributed by atoms with Gasteiger partial charge in [-0.25, -0.2) is 4.79 Å². The van der Waals surface area contributed by atoms with Gasteiger partial charge in [0.2, 0.25) is 5.91 Å². The fourth-order valence-corrected chi connectivity index (χ4v) is 1.32. The van der Waals surface area contributed by atoms with E-state index in [0.29, 0.717) is 5.02 Å². The van der Waals surface area contributed by atoms with Crippen molar-refractivity contribution in [1.29, 1.82) is 0 Å². The van der Waals surface area contributed by atoms with Crippen LogP contribution in [0.3, 0.4) is 0 Å². The number of hydrogen-bond acceptors (Lipinski definition) is 5. The quantitative estimate of drug-likeness (QED) is 0.521. The summed E-state index contributed by atoms with van der Waals surface area (Å²) in [5, 5.41) is 4.95. The van der Waals surface area contributed by atoms with E-state index in [-0.39, 0.29) is 23.7 Å². The summed E-state index contributed by atoms with van der Waals surface area (Å²) in [6.45, 7) is -0.668. The molecule has 1 rings (SSSR count). The molecule has 0 aliphatic rings. The SMILES string of the molecule is CNC(=O)CNC(=O)COC(=O)c1ccc(Cl)c(N)c1. The van der Waals surface area contributed by atoms with Crippen LogP contribution in [0.5, 0.6) is 0 Å². The van der Waals surface area contributed by atoms with Crippen LogP contribution in [0.1, 0.15) is 10.4 Å². The van der Waals surface area contributed by atoms with Crippen LogP contribution < -0.4 is 16.4 Å². The maximum Gasteiger partial charge on any atom is 0.338 e. The smallest absolute Gasteiger partial charge is 0.338 e. The van der Waals surface area contributed by atoms with E-state index in [4.69, 9.17) is 22.1 Å². The standard InChI is InChI=1S/C12H14ClN3O4/c1-15-10(17)5-16-11(18)6-20-12(19)7-2-3-8(13)9(14)4-7/h2-4H,5-6,14H2,1H3,(H,15,17)(H,16,18). The Labute approximate surface area is 120 Å². The number of rotatable bonds is 5. The zero-order chi connectivity index (χ0) is 15.1. The van der Waals surface area contributed by atoms with Crippen molar-refractivity contribution in [1.82, 2.24) is 10.6 Å². The third-order valence-corrected chi connectivity index (χ3v) is 2.64. The van der Waals surface area contributed by atoms with Crippen LogP contribution in [-0.4, -0.2) is 38.0 Å². The number of amides is 2. The van der Waals surface area contributed by atoms with Crippen molar-refractivity contribution < 1.29 is 19.1 Å². The number of carbonyl (C=O) groups is 3. The molecule has 108 valence electrons. The number of ether oxygens (including phenoxy) is 1. The minimum atomic E-state index is -0.705. The van der Waals surface area contributed by atoms with E-state index in [1.165, 1.54) is 25.2 Å². The summed E-state index contributed by atoms with van der Waals surface area (Å²) in [6, 6.07) is 4.25. The van der Waals surface area contributed by atoms with Gasteiger partial charge in [0.05, 0.1) is 22.8 Å². The van der Waals surface area contributed by atoms with Gasteiger partial charge < -0.3 is 21.1 Å². The molecule has 0 spiro atoms. The third-order valence-electron chi connectivity index (χ3n) is 2.29. The number of anilines is 1. The Balaban J connectivity index is 2.44. The van der Waals surface area contributed by atoms with E-state index >= 15 is 0 Å². The normalized spacial score (nSPS) is 9.70. The fourth-order valence-electron chi connectivity index (χ4n) is 1.20. The van der Waals surface area contributed by atoms with Crippen LogP contribution in [0, 0.1) is 0 Å². The number of esters is 1. The minimum Gasteiger partial charge on any atom is -0.452 e. The van der Waals surface area contributed by atoms with Gasteiger partial charge >= 0.3 is 5.97 Å². The van der Waals surface area contributed by atoms with Gasteiger partial charge in [-0.3, -0.25) is 9.59 Å². The van der Waals surface area contributed by atoms with Gasteiger partial charge in [0.1, 0.15) is 0 Å². The average Bonchev–Trinajstić information content (AvgIpc) is 2.44. The molecule has 0 saturated heterocycles. The Morgan fingerprint density at radius 2 is 2.00 bits per heavy atom. The van der Waals surface area contributed by atoms with Crippen LogP contribution in [0.2, 0.25) is 5.02 Å². The molecule has 4 N–H and O–H groups in total. The molecule has 1 aromatic rings. The Hall–Kier alpha value is -2.28. The second-order valence-electron chi connectivity index (χ2n) is 3.76. The van der Waals surface area contributed by atoms with Crippen LogP contribution >= 0.6 is 11.6 Å². The van der Waals surface area contributed by atoms with Crippen molar-refractivity contribution in [3.05, 3.63) is 28.8 Å². The van der Waals surface area contributed by atoms with E-state index in [2.05, 4.69) is 10.6 Å². The molecule has 0 aromatic heterocycles. The topological polar surface area (TPSA) is 111 Å².